The third-order valence-corrected chi connectivity index (χ3v) is 3.34. The van der Waals surface area contributed by atoms with Crippen molar-refractivity contribution in [1.82, 2.24) is 0 Å². The van der Waals surface area contributed by atoms with Gasteiger partial charge in [0.15, 0.2) is 9.84 Å². The smallest absolute Gasteiger partial charge is 0.178 e. The van der Waals surface area contributed by atoms with Crippen LogP contribution in [0.2, 0.25) is 0 Å². The molecule has 0 amide bonds. The fourth-order valence-corrected chi connectivity index (χ4v) is 1.80. The molecule has 0 saturated carbocycles. The molecule has 0 aliphatic rings. The average molecular weight is 214 g/mol. The topological polar surface area (TPSA) is 69.4 Å². The third kappa shape index (κ3) is 1.98. The van der Waals surface area contributed by atoms with Gasteiger partial charge in [0.2, 0.25) is 0 Å². The molecule has 0 bridgehead atoms. The van der Waals surface area contributed by atoms with Crippen molar-refractivity contribution in [3.63, 3.8) is 0 Å². The van der Waals surface area contributed by atoms with Crippen LogP contribution in [0.4, 0.5) is 5.69 Å². The maximum atomic E-state index is 11.4. The SMILES string of the molecule is [CH2]CS(=O)(=O)c1ccc(N)c(OC)c1. The van der Waals surface area contributed by atoms with Gasteiger partial charge in [-0.2, -0.15) is 0 Å². The third-order valence-electron chi connectivity index (χ3n) is 1.83. The minimum Gasteiger partial charge on any atom is -0.495 e. The Morgan fingerprint density at radius 1 is 1.50 bits per heavy atom. The first-order valence-corrected chi connectivity index (χ1v) is 5.62. The van der Waals surface area contributed by atoms with Crippen molar-refractivity contribution >= 4 is 15.5 Å². The molecule has 0 saturated heterocycles. The minimum atomic E-state index is -3.29. The van der Waals surface area contributed by atoms with Gasteiger partial charge in [-0.15, -0.1) is 0 Å². The molecular weight excluding hydrogens is 202 g/mol. The molecule has 5 heteroatoms. The molecule has 1 aromatic rings. The van der Waals surface area contributed by atoms with E-state index in [2.05, 4.69) is 6.92 Å². The molecule has 0 fully saturated rings. The lowest BCUT2D eigenvalue weighted by Gasteiger charge is -2.06. The Morgan fingerprint density at radius 3 is 2.64 bits per heavy atom. The summed E-state index contributed by atoms with van der Waals surface area (Å²) in [5, 5.41) is 0. The van der Waals surface area contributed by atoms with Crippen LogP contribution in [0.3, 0.4) is 0 Å². The van der Waals surface area contributed by atoms with Crippen molar-refractivity contribution in [3.05, 3.63) is 25.1 Å². The van der Waals surface area contributed by atoms with Crippen LogP contribution < -0.4 is 10.5 Å². The summed E-state index contributed by atoms with van der Waals surface area (Å²) in [5.41, 5.74) is 5.96. The average Bonchev–Trinajstić information content (AvgIpc) is 2.18. The molecule has 0 aromatic heterocycles. The van der Waals surface area contributed by atoms with E-state index in [1.807, 2.05) is 0 Å². The molecule has 0 unspecified atom stereocenters. The van der Waals surface area contributed by atoms with Crippen LogP contribution in [0, 0.1) is 6.92 Å². The van der Waals surface area contributed by atoms with Gasteiger partial charge in [0.05, 0.1) is 23.4 Å². The van der Waals surface area contributed by atoms with Gasteiger partial charge in [-0.3, -0.25) is 0 Å². The summed E-state index contributed by atoms with van der Waals surface area (Å²) in [6, 6.07) is 4.34. The summed E-state index contributed by atoms with van der Waals surface area (Å²) in [5.74, 6) is 0.180. The Hall–Kier alpha value is -1.23. The molecule has 0 aliphatic carbocycles. The van der Waals surface area contributed by atoms with Gasteiger partial charge in [-0.1, -0.05) is 0 Å². The second kappa shape index (κ2) is 3.88. The van der Waals surface area contributed by atoms with E-state index < -0.39 is 9.84 Å². The van der Waals surface area contributed by atoms with Gasteiger partial charge in [-0.25, -0.2) is 8.42 Å². The highest BCUT2D eigenvalue weighted by Gasteiger charge is 2.13. The Kier molecular flexibility index (Phi) is 3.00. The van der Waals surface area contributed by atoms with Crippen LogP contribution in [0.25, 0.3) is 0 Å². The van der Waals surface area contributed by atoms with Crippen LogP contribution in [0.1, 0.15) is 0 Å². The van der Waals surface area contributed by atoms with Gasteiger partial charge in [0.1, 0.15) is 5.75 Å². The molecule has 2 N–H and O–H groups in total. The Balaban J connectivity index is 3.26. The summed E-state index contributed by atoms with van der Waals surface area (Å²) < 4.78 is 27.8. The quantitative estimate of drug-likeness (QED) is 0.758. The summed E-state index contributed by atoms with van der Waals surface area (Å²) in [4.78, 5) is 0.179. The molecule has 0 spiro atoms. The van der Waals surface area contributed by atoms with Crippen LogP contribution >= 0.6 is 0 Å². The first kappa shape index (κ1) is 10.8. The van der Waals surface area contributed by atoms with Gasteiger partial charge >= 0.3 is 0 Å². The number of methoxy groups -OCH3 is 1. The first-order valence-electron chi connectivity index (χ1n) is 3.97. The van der Waals surface area contributed by atoms with E-state index in [0.29, 0.717) is 11.4 Å². The van der Waals surface area contributed by atoms with E-state index in [1.54, 1.807) is 0 Å². The normalized spacial score (nSPS) is 11.3. The largest absolute Gasteiger partial charge is 0.495 e. The van der Waals surface area contributed by atoms with Crippen molar-refractivity contribution in [3.8, 4) is 5.75 Å². The van der Waals surface area contributed by atoms with Gasteiger partial charge in [-0.05, 0) is 19.1 Å². The maximum Gasteiger partial charge on any atom is 0.178 e. The van der Waals surface area contributed by atoms with Crippen molar-refractivity contribution in [2.45, 2.75) is 4.90 Å². The van der Waals surface area contributed by atoms with Crippen molar-refractivity contribution in [2.75, 3.05) is 18.6 Å². The zero-order chi connectivity index (χ0) is 10.8. The van der Waals surface area contributed by atoms with Gasteiger partial charge < -0.3 is 10.5 Å². The highest BCUT2D eigenvalue weighted by atomic mass is 32.2. The van der Waals surface area contributed by atoms with Crippen LogP contribution in [0.15, 0.2) is 23.1 Å². The van der Waals surface area contributed by atoms with Crippen LogP contribution in [-0.2, 0) is 9.84 Å². The fourth-order valence-electron chi connectivity index (χ4n) is 1.00. The molecule has 0 heterocycles. The van der Waals surface area contributed by atoms with Gasteiger partial charge in [0, 0.05) is 6.07 Å². The molecule has 0 aliphatic heterocycles. The Morgan fingerprint density at radius 2 is 2.14 bits per heavy atom. The number of anilines is 1. The zero-order valence-corrected chi connectivity index (χ0v) is 8.67. The number of sulfone groups is 1. The van der Waals surface area contributed by atoms with Crippen molar-refractivity contribution in [2.24, 2.45) is 0 Å². The van der Waals surface area contributed by atoms with E-state index in [9.17, 15) is 8.42 Å². The number of ether oxygens (including phenoxy) is 1. The van der Waals surface area contributed by atoms with Crippen molar-refractivity contribution in [1.29, 1.82) is 0 Å². The maximum absolute atomic E-state index is 11.4. The van der Waals surface area contributed by atoms with E-state index in [0.717, 1.165) is 0 Å². The molecular formula is C9H12NO3S. The molecule has 77 valence electrons. The fraction of sp³-hybridized carbons (Fsp3) is 0.222. The number of nitrogen functional groups attached to an aromatic ring is 1. The highest BCUT2D eigenvalue weighted by molar-refractivity contribution is 7.91. The Labute approximate surface area is 83.6 Å². The number of rotatable bonds is 3. The summed E-state index contributed by atoms with van der Waals surface area (Å²) in [6.45, 7) is 3.35. The molecule has 0 atom stereocenters. The predicted molar refractivity (Wildman–Crippen MR) is 54.8 cm³/mol. The van der Waals surface area contributed by atoms with E-state index in [-0.39, 0.29) is 10.6 Å². The summed E-state index contributed by atoms with van der Waals surface area (Å²) >= 11 is 0. The number of benzene rings is 1. The summed E-state index contributed by atoms with van der Waals surface area (Å²) in [7, 11) is -1.86. The molecule has 14 heavy (non-hydrogen) atoms. The van der Waals surface area contributed by atoms with E-state index in [4.69, 9.17) is 10.5 Å². The van der Waals surface area contributed by atoms with Crippen molar-refractivity contribution < 1.29 is 13.2 Å². The zero-order valence-electron chi connectivity index (χ0n) is 7.86. The first-order chi connectivity index (χ1) is 6.51. The molecule has 4 nitrogen and oxygen atoms in total. The van der Waals surface area contributed by atoms with Crippen LogP contribution in [-0.4, -0.2) is 21.3 Å². The summed E-state index contributed by atoms with van der Waals surface area (Å²) in [6.07, 6.45) is 0. The van der Waals surface area contributed by atoms with Crippen LogP contribution in [0.5, 0.6) is 5.75 Å². The highest BCUT2D eigenvalue weighted by Crippen LogP contribution is 2.25. The number of hydrogen-bond acceptors (Lipinski definition) is 4. The number of hydrogen-bond donors (Lipinski definition) is 1. The molecule has 1 aromatic carbocycles. The monoisotopic (exact) mass is 214 g/mol. The minimum absolute atomic E-state index is 0.179. The second-order valence-corrected chi connectivity index (χ2v) is 4.83. The van der Waals surface area contributed by atoms with Gasteiger partial charge in [0.25, 0.3) is 0 Å². The lowest BCUT2D eigenvalue weighted by molar-refractivity contribution is 0.415. The predicted octanol–water partition coefficient (Wildman–Crippen LogP) is 0.885. The lowest BCUT2D eigenvalue weighted by atomic mass is 10.3. The standard InChI is InChI=1S/C9H12NO3S/c1-3-14(11,12)7-4-5-8(10)9(6-7)13-2/h4-6H,1,3,10H2,2H3. The van der Waals surface area contributed by atoms with E-state index in [1.165, 1.54) is 25.3 Å². The second-order valence-electron chi connectivity index (χ2n) is 2.72. The number of nitrogens with two attached hydrogens (primary N) is 1. The van der Waals surface area contributed by atoms with E-state index >= 15 is 0 Å². The lowest BCUT2D eigenvalue weighted by Crippen LogP contribution is -2.04. The molecule has 1 radical (unpaired) electrons. The Bertz CT molecular complexity index is 426. The molecule has 1 rings (SSSR count).